The van der Waals surface area contributed by atoms with Gasteiger partial charge in [-0.2, -0.15) is 0 Å². The Morgan fingerprint density at radius 3 is 1.14 bits per heavy atom. The highest BCUT2D eigenvalue weighted by atomic mass is 79.9. The Morgan fingerprint density at radius 2 is 0.774 bits per heavy atom. The molecule has 5 N–H and O–H groups in total. The maximum atomic E-state index is 12.9. The number of nitrogens with one attached hydrogen (secondary N) is 5. The van der Waals surface area contributed by atoms with Gasteiger partial charge in [-0.1, -0.05) is 147 Å². The molecule has 5 aliphatic rings. The number of H-pyrrole nitrogens is 5. The summed E-state index contributed by atoms with van der Waals surface area (Å²) in [6, 6.07) is 53.7. The normalized spacial score (nSPS) is 15.9. The Morgan fingerprint density at radius 1 is 0.432 bits per heavy atom. The van der Waals surface area contributed by atoms with Crippen molar-refractivity contribution in [3.63, 3.8) is 0 Å². The van der Waals surface area contributed by atoms with Crippen molar-refractivity contribution in [2.75, 3.05) is 130 Å². The minimum Gasteiger partial charge on any atom is -0.491 e. The molecule has 5 atom stereocenters. The molecule has 0 saturated heterocycles. The summed E-state index contributed by atoms with van der Waals surface area (Å²) in [6.45, 7) is 17.9. The van der Waals surface area contributed by atoms with Crippen LogP contribution >= 0.6 is 78.4 Å². The zero-order valence-electron chi connectivity index (χ0n) is 81.7. The summed E-state index contributed by atoms with van der Waals surface area (Å²) in [5.41, 5.74) is 21.1. The van der Waals surface area contributed by atoms with Crippen LogP contribution in [-0.2, 0) is 55.8 Å². The number of aromatic amines is 5. The van der Waals surface area contributed by atoms with Crippen LogP contribution in [0.1, 0.15) is 142 Å². The molecule has 29 nitrogen and oxygen atoms in total. The van der Waals surface area contributed by atoms with Crippen LogP contribution in [0.4, 0.5) is 35.5 Å². The van der Waals surface area contributed by atoms with Gasteiger partial charge in [-0.05, 0) is 237 Å². The number of amides is 4. The van der Waals surface area contributed by atoms with Gasteiger partial charge in [-0.15, -0.1) is 0 Å². The summed E-state index contributed by atoms with van der Waals surface area (Å²) >= 11 is 27.4. The van der Waals surface area contributed by atoms with Gasteiger partial charge >= 0.3 is 24.4 Å². The van der Waals surface area contributed by atoms with Crippen molar-refractivity contribution < 1.29 is 61.5 Å². The first-order chi connectivity index (χ1) is 71.1. The summed E-state index contributed by atoms with van der Waals surface area (Å²) in [5, 5.41) is 8.45. The molecule has 36 heteroatoms. The second kappa shape index (κ2) is 48.1. The minimum atomic E-state index is -0.713. The Kier molecular flexibility index (Phi) is 34.2. The van der Waals surface area contributed by atoms with Crippen LogP contribution in [0.15, 0.2) is 246 Å². The molecule has 4 amide bonds. The summed E-state index contributed by atoms with van der Waals surface area (Å²) in [6.07, 6.45) is 19.4. The number of methoxy groups -OCH3 is 1. The Hall–Kier alpha value is -13.7. The molecular weight excluding hydrogens is 2070 g/mol. The van der Waals surface area contributed by atoms with E-state index in [0.717, 1.165) is 165 Å². The van der Waals surface area contributed by atoms with Crippen molar-refractivity contribution in [3.05, 3.63) is 340 Å². The summed E-state index contributed by atoms with van der Waals surface area (Å²) in [4.78, 5) is 107. The molecule has 5 aliphatic heterocycles. The number of anilines is 2. The topological polar surface area (TPSA) is 318 Å². The molecule has 21 rings (SSSR count). The number of rotatable bonds is 24. The molecule has 13 heterocycles. The number of carbonyl (C=O) groups excluding carboxylic acids is 4. The third-order valence-electron chi connectivity index (χ3n) is 25.9. The first kappa shape index (κ1) is 104. The average molecular weight is 2180 g/mol. The summed E-state index contributed by atoms with van der Waals surface area (Å²) in [7, 11) is 5.52. The lowest BCUT2D eigenvalue weighted by molar-refractivity contribution is 0.0836. The van der Waals surface area contributed by atoms with Gasteiger partial charge in [0.15, 0.2) is 5.16 Å². The van der Waals surface area contributed by atoms with E-state index in [1.165, 1.54) is 44.8 Å². The van der Waals surface area contributed by atoms with Gasteiger partial charge in [-0.25, -0.2) is 53.5 Å². The number of hydrogen-bond acceptors (Lipinski definition) is 21. The maximum Gasteiger partial charge on any atom is 0.410 e. The van der Waals surface area contributed by atoms with Crippen LogP contribution in [0.3, 0.4) is 0 Å². The highest BCUT2D eigenvalue weighted by molar-refractivity contribution is 9.10. The van der Waals surface area contributed by atoms with E-state index in [-0.39, 0.29) is 55.1 Å². The van der Waals surface area contributed by atoms with E-state index in [2.05, 4.69) is 135 Å². The minimum absolute atomic E-state index is 0.0801. The molecule has 0 saturated carbocycles. The first-order valence-electron chi connectivity index (χ1n) is 48.2. The zero-order valence-corrected chi connectivity index (χ0v) is 87.9. The van der Waals surface area contributed by atoms with E-state index < -0.39 is 12.8 Å². The van der Waals surface area contributed by atoms with Gasteiger partial charge in [0.25, 0.3) is 0 Å². The fraction of sp³-hybridized carbons (Fsp3) is 0.291. The first-order valence-corrected chi connectivity index (χ1v) is 52.1. The molecule has 0 aliphatic carbocycles. The van der Waals surface area contributed by atoms with Gasteiger partial charge in [0.1, 0.15) is 80.6 Å². The monoisotopic (exact) mass is 2180 g/mol. The fourth-order valence-corrected chi connectivity index (χ4v) is 21.0. The van der Waals surface area contributed by atoms with E-state index in [9.17, 15) is 23.6 Å². The largest absolute Gasteiger partial charge is 0.491 e. The summed E-state index contributed by atoms with van der Waals surface area (Å²) in [5.74, 6) is 3.63. The van der Waals surface area contributed by atoms with Crippen LogP contribution in [0.2, 0.25) is 15.1 Å². The molecule has 8 aromatic carbocycles. The van der Waals surface area contributed by atoms with Gasteiger partial charge in [0.2, 0.25) is 11.9 Å². The molecule has 0 radical (unpaired) electrons. The van der Waals surface area contributed by atoms with Crippen LogP contribution in [0.25, 0.3) is 54.5 Å². The second-order valence-corrected chi connectivity index (χ2v) is 39.0. The van der Waals surface area contributed by atoms with E-state index >= 15 is 0 Å². The molecule has 0 bridgehead atoms. The highest BCUT2D eigenvalue weighted by Gasteiger charge is 2.42. The molecule has 16 aromatic rings. The number of halogens is 6. The van der Waals surface area contributed by atoms with Gasteiger partial charge in [0, 0.05) is 209 Å². The predicted molar refractivity (Wildman–Crippen MR) is 577 cm³/mol. The van der Waals surface area contributed by atoms with Crippen molar-refractivity contribution >= 4 is 169 Å². The number of thioether (sulfide) groups is 1. The molecule has 0 fully saturated rings. The molecule has 146 heavy (non-hydrogen) atoms. The number of benzene rings is 8. The van der Waals surface area contributed by atoms with Gasteiger partial charge in [0.05, 0.1) is 26.4 Å². The fourth-order valence-electron chi connectivity index (χ4n) is 19.4. The van der Waals surface area contributed by atoms with Gasteiger partial charge in [-0.3, -0.25) is 19.6 Å². The highest BCUT2D eigenvalue weighted by Crippen LogP contribution is 2.47. The van der Waals surface area contributed by atoms with Crippen molar-refractivity contribution in [1.29, 1.82) is 0 Å². The zero-order chi connectivity index (χ0) is 102. The molecule has 756 valence electrons. The summed E-state index contributed by atoms with van der Waals surface area (Å²) < 4.78 is 57.8. The number of ether oxygens (including phenoxy) is 8. The van der Waals surface area contributed by atoms with E-state index in [0.29, 0.717) is 117 Å². The second-order valence-electron chi connectivity index (χ2n) is 35.1. The number of hydrogen-bond donors (Lipinski definition) is 5. The standard InChI is InChI=1S/C24H27ClN2O4.C23H22ClFN2O3.C23H23ClN2O3.C21H20BrN7.C19H19BrN4O2S/c1-3-12-31-24(28)27-11-10-19-20-15-17(25)6-9-21(20)26-22(19)23(27)16-4-7-18(8-5-16)30-14-13-29-2;1-2-12-29-17-6-3-15(4-7-17)22-21-18(9-11-27(22)23(28)30-13-10-25)19-14-16(24)5-8-20(19)26-21;1-3-13-29-17-8-5-15(6-9-17)22-21-18(11-12-26(22)23(27)28-4-2)19-14-16(24)7-10-20(19)25-21;1-28(2)20-25-11-13(12-26-20)19-18-15(16-10-14(22)4-5-17(16)27-18)6-9-29(19)21-23-7-3-8-24-21;1-3-26-19(25)24-7-6-13-14-8-12(20)4-5-15(14)23-16(13)17(24)11-9-21-18(27-2)22-10-11/h4-9,15,23,26H,3,10-14H2,1-2H3;2-8,14,22,26H,1,9-13H2;3,5-10,14,22,25H,1,4,11-13H2,2H3;3-5,7-8,10-12,19,27H,6,9H2,1-2H3;4-5,8-10,17,23H,3,6-7H2,1-2H3. The van der Waals surface area contributed by atoms with Crippen molar-refractivity contribution in [2.24, 2.45) is 0 Å². The third kappa shape index (κ3) is 23.1. The molecule has 8 aromatic heterocycles. The Balaban J connectivity index is 0.000000125. The smallest absolute Gasteiger partial charge is 0.410 e. The lowest BCUT2D eigenvalue weighted by Gasteiger charge is -2.35. The average Bonchev–Trinajstić information content (AvgIpc) is 1.62. The Labute approximate surface area is 880 Å². The molecular formula is C110H111Br2Cl3FN17O12S. The van der Waals surface area contributed by atoms with Crippen molar-refractivity contribution in [3.8, 4) is 17.2 Å². The Bertz CT molecular complexity index is 7310. The molecule has 0 spiro atoms. The number of alkyl halides is 1. The quantitative estimate of drug-likeness (QED) is 0.0123. The van der Waals surface area contributed by atoms with Gasteiger partial charge < -0.3 is 72.6 Å². The number of nitrogens with zero attached hydrogens (tertiary/aromatic N) is 12. The number of carbonyl (C=O) groups is 4. The van der Waals surface area contributed by atoms with Crippen molar-refractivity contribution in [2.45, 2.75) is 94.7 Å². The maximum absolute atomic E-state index is 12.9. The van der Waals surface area contributed by atoms with Crippen LogP contribution in [0, 0.1) is 0 Å². The third-order valence-corrected chi connectivity index (χ3v) is 28.1. The van der Waals surface area contributed by atoms with E-state index in [4.69, 9.17) is 72.7 Å². The lowest BCUT2D eigenvalue weighted by atomic mass is 9.92. The van der Waals surface area contributed by atoms with Crippen LogP contribution in [0.5, 0.6) is 17.2 Å². The predicted octanol–water partition coefficient (Wildman–Crippen LogP) is 24.5. The van der Waals surface area contributed by atoms with E-state index in [1.54, 1.807) is 63.6 Å². The lowest BCUT2D eigenvalue weighted by Crippen LogP contribution is -2.41. The molecule has 5 unspecified atom stereocenters. The SMILES string of the molecule is C=CCOc1ccc(C2c3[nH]c4ccc(Cl)cc4c3CCN2C(=O)OCC)cc1.C=CCOc1ccc(C2c3[nH]c4ccc(Cl)cc4c3CCN2C(=O)OCCF)cc1.CCCOC(=O)N1CCc2c([nH]c3ccc(Cl)cc23)C1c1ccc(OCCOC)cc1.CCOC(=O)N1CCc2c([nH]c3ccc(Br)cc23)C1c1cnc(SC)nc1.CN(C)c1ncc(C2c3[nH]c4ccc(Br)cc4c3CCN2c2ncccn2)cn1. The number of fused-ring (bicyclic) bond motifs is 15. The number of aromatic nitrogens is 11. The van der Waals surface area contributed by atoms with E-state index in [1.807, 2.05) is 198 Å². The van der Waals surface area contributed by atoms with Crippen LogP contribution in [-0.4, -0.2) is 219 Å². The van der Waals surface area contributed by atoms with Crippen molar-refractivity contribution in [1.82, 2.24) is 74.4 Å². The van der Waals surface area contributed by atoms with Crippen LogP contribution < -0.4 is 24.0 Å².